The van der Waals surface area contributed by atoms with Crippen molar-refractivity contribution in [3.63, 3.8) is 0 Å². The molecule has 10 heteroatoms. The molecule has 1 aromatic heterocycles. The molecular weight excluding hydrogens is 492 g/mol. The summed E-state index contributed by atoms with van der Waals surface area (Å²) in [5, 5.41) is 11.5. The second-order valence-electron chi connectivity index (χ2n) is 8.60. The molecule has 38 heavy (non-hydrogen) atoms. The molecule has 0 aliphatic carbocycles. The van der Waals surface area contributed by atoms with Crippen molar-refractivity contribution in [2.45, 2.75) is 12.6 Å². The van der Waals surface area contributed by atoms with Crippen LogP contribution < -0.4 is 23.7 Å². The van der Waals surface area contributed by atoms with Crippen molar-refractivity contribution in [2.75, 3.05) is 34.5 Å². The van der Waals surface area contributed by atoms with Crippen molar-refractivity contribution in [1.29, 1.82) is 0 Å². The molecule has 10 nitrogen and oxygen atoms in total. The van der Waals surface area contributed by atoms with Crippen molar-refractivity contribution in [3.8, 4) is 28.7 Å². The minimum Gasteiger partial charge on any atom is -0.507 e. The van der Waals surface area contributed by atoms with Crippen LogP contribution in [0.4, 0.5) is 0 Å². The number of carbonyl (C=O) groups excluding carboxylic acids is 2. The van der Waals surface area contributed by atoms with E-state index in [4.69, 9.17) is 23.7 Å². The molecule has 1 fully saturated rings. The number of hydrogen-bond donors (Lipinski definition) is 1. The normalized spacial score (nSPS) is 17.9. The Bertz CT molecular complexity index is 1390. The molecule has 0 bridgehead atoms. The first kappa shape index (κ1) is 24.9. The van der Waals surface area contributed by atoms with E-state index in [0.29, 0.717) is 53.1 Å². The standard InChI is InChI=1S/C28H26N2O8/c1-34-21-13-18(14-22(35-2)27(21)36-3)24-23(25(31)17-4-5-19-20(12-17)38-11-10-37-19)26(32)28(33)30(24)15-16-6-8-29-9-7-16/h4-9,12-14,24,31H,10-11,15H2,1-3H3. The lowest BCUT2D eigenvalue weighted by molar-refractivity contribution is -0.140. The number of benzene rings is 2. The maximum atomic E-state index is 13.5. The first-order valence-corrected chi connectivity index (χ1v) is 11.8. The highest BCUT2D eigenvalue weighted by Gasteiger charge is 2.46. The lowest BCUT2D eigenvalue weighted by Gasteiger charge is -2.26. The molecule has 196 valence electrons. The molecule has 0 radical (unpaired) electrons. The summed E-state index contributed by atoms with van der Waals surface area (Å²) in [4.78, 5) is 32.3. The summed E-state index contributed by atoms with van der Waals surface area (Å²) in [6.07, 6.45) is 3.21. The van der Waals surface area contributed by atoms with Crippen LogP contribution >= 0.6 is 0 Å². The van der Waals surface area contributed by atoms with E-state index in [1.807, 2.05) is 0 Å². The van der Waals surface area contributed by atoms with Gasteiger partial charge in [0, 0.05) is 24.5 Å². The number of aliphatic hydroxyl groups is 1. The third-order valence-electron chi connectivity index (χ3n) is 6.46. The monoisotopic (exact) mass is 518 g/mol. The molecule has 1 saturated heterocycles. The van der Waals surface area contributed by atoms with Gasteiger partial charge in [0.25, 0.3) is 11.7 Å². The molecule has 1 unspecified atom stereocenters. The molecule has 1 atom stereocenters. The second kappa shape index (κ2) is 10.3. The molecule has 2 aliphatic heterocycles. The number of methoxy groups -OCH3 is 3. The van der Waals surface area contributed by atoms with E-state index in [9.17, 15) is 14.7 Å². The van der Waals surface area contributed by atoms with Gasteiger partial charge >= 0.3 is 0 Å². The number of rotatable bonds is 7. The van der Waals surface area contributed by atoms with Gasteiger partial charge in [-0.25, -0.2) is 0 Å². The average Bonchev–Trinajstić information content (AvgIpc) is 3.21. The lowest BCUT2D eigenvalue weighted by atomic mass is 9.94. The Morgan fingerprint density at radius 1 is 0.947 bits per heavy atom. The van der Waals surface area contributed by atoms with Crippen LogP contribution in [0.3, 0.4) is 0 Å². The number of Topliss-reactive ketones (excluding diaryl/α,β-unsaturated/α-hetero) is 1. The fraction of sp³-hybridized carbons (Fsp3) is 0.250. The van der Waals surface area contributed by atoms with Gasteiger partial charge in [0.1, 0.15) is 19.0 Å². The van der Waals surface area contributed by atoms with Crippen LogP contribution in [0.25, 0.3) is 5.76 Å². The van der Waals surface area contributed by atoms with Gasteiger partial charge in [0.15, 0.2) is 23.0 Å². The summed E-state index contributed by atoms with van der Waals surface area (Å²) in [5.74, 6) is 0.118. The number of nitrogens with zero attached hydrogens (tertiary/aromatic N) is 2. The van der Waals surface area contributed by atoms with Crippen LogP contribution in [0.2, 0.25) is 0 Å². The average molecular weight is 519 g/mol. The third kappa shape index (κ3) is 4.34. The number of aromatic nitrogens is 1. The fourth-order valence-corrected chi connectivity index (χ4v) is 4.68. The van der Waals surface area contributed by atoms with Crippen LogP contribution in [-0.4, -0.2) is 61.2 Å². The summed E-state index contributed by atoms with van der Waals surface area (Å²) >= 11 is 0. The Hall–Kier alpha value is -4.73. The van der Waals surface area contributed by atoms with E-state index < -0.39 is 17.7 Å². The zero-order chi connectivity index (χ0) is 26.8. The van der Waals surface area contributed by atoms with E-state index in [2.05, 4.69) is 4.98 Å². The largest absolute Gasteiger partial charge is 0.507 e. The SMILES string of the molecule is COc1cc(C2C(=C(O)c3ccc4c(c3)OCCO4)C(=O)C(=O)N2Cc2ccncc2)cc(OC)c1OC. The topological polar surface area (TPSA) is 117 Å². The highest BCUT2D eigenvalue weighted by Crippen LogP contribution is 2.46. The van der Waals surface area contributed by atoms with Crippen molar-refractivity contribution in [1.82, 2.24) is 9.88 Å². The Morgan fingerprint density at radius 3 is 2.24 bits per heavy atom. The molecule has 1 N–H and O–H groups in total. The van der Waals surface area contributed by atoms with E-state index in [0.717, 1.165) is 5.56 Å². The summed E-state index contributed by atoms with van der Waals surface area (Å²) in [7, 11) is 4.44. The third-order valence-corrected chi connectivity index (χ3v) is 6.46. The predicted molar refractivity (Wildman–Crippen MR) is 136 cm³/mol. The first-order chi connectivity index (χ1) is 18.5. The number of aliphatic hydroxyl groups excluding tert-OH is 1. The minimum atomic E-state index is -0.954. The first-order valence-electron chi connectivity index (χ1n) is 11.8. The van der Waals surface area contributed by atoms with Crippen LogP contribution in [0.15, 0.2) is 60.4 Å². The second-order valence-corrected chi connectivity index (χ2v) is 8.60. The van der Waals surface area contributed by atoms with E-state index in [1.54, 1.807) is 54.9 Å². The number of hydrogen-bond acceptors (Lipinski definition) is 9. The highest BCUT2D eigenvalue weighted by molar-refractivity contribution is 6.46. The Kier molecular flexibility index (Phi) is 6.78. The number of fused-ring (bicyclic) bond motifs is 1. The van der Waals surface area contributed by atoms with Gasteiger partial charge in [0.2, 0.25) is 5.75 Å². The van der Waals surface area contributed by atoms with Crippen LogP contribution in [0, 0.1) is 0 Å². The van der Waals surface area contributed by atoms with Gasteiger partial charge in [-0.15, -0.1) is 0 Å². The van der Waals surface area contributed by atoms with Gasteiger partial charge < -0.3 is 33.7 Å². The summed E-state index contributed by atoms with van der Waals surface area (Å²) in [6, 6.07) is 10.7. The van der Waals surface area contributed by atoms with E-state index >= 15 is 0 Å². The smallest absolute Gasteiger partial charge is 0.295 e. The van der Waals surface area contributed by atoms with Crippen LogP contribution in [-0.2, 0) is 16.1 Å². The number of ether oxygens (including phenoxy) is 5. The molecule has 3 heterocycles. The quantitative estimate of drug-likeness (QED) is 0.285. The molecule has 0 spiro atoms. The van der Waals surface area contributed by atoms with Gasteiger partial charge in [-0.3, -0.25) is 14.6 Å². The lowest BCUT2D eigenvalue weighted by Crippen LogP contribution is -2.29. The number of carbonyl (C=O) groups is 2. The van der Waals surface area contributed by atoms with Gasteiger partial charge in [-0.05, 0) is 53.6 Å². The number of pyridine rings is 1. The van der Waals surface area contributed by atoms with Gasteiger partial charge in [-0.2, -0.15) is 0 Å². The van der Waals surface area contributed by atoms with Crippen molar-refractivity contribution in [2.24, 2.45) is 0 Å². The summed E-state index contributed by atoms with van der Waals surface area (Å²) in [6.45, 7) is 0.880. The van der Waals surface area contributed by atoms with Crippen LogP contribution in [0.1, 0.15) is 22.7 Å². The minimum absolute atomic E-state index is 0.0741. The maximum absolute atomic E-state index is 13.5. The van der Waals surface area contributed by atoms with E-state index in [1.165, 1.54) is 26.2 Å². The predicted octanol–water partition coefficient (Wildman–Crippen LogP) is 3.50. The molecule has 5 rings (SSSR count). The fourth-order valence-electron chi connectivity index (χ4n) is 4.68. The zero-order valence-corrected chi connectivity index (χ0v) is 21.1. The number of ketones is 1. The summed E-state index contributed by atoms with van der Waals surface area (Å²) < 4.78 is 27.7. The maximum Gasteiger partial charge on any atom is 0.295 e. The van der Waals surface area contributed by atoms with Crippen molar-refractivity contribution in [3.05, 3.63) is 77.1 Å². The Morgan fingerprint density at radius 2 is 1.61 bits per heavy atom. The van der Waals surface area contributed by atoms with Gasteiger partial charge in [-0.1, -0.05) is 0 Å². The molecule has 2 aliphatic rings. The number of likely N-dealkylation sites (tertiary alicyclic amines) is 1. The zero-order valence-electron chi connectivity index (χ0n) is 21.1. The highest BCUT2D eigenvalue weighted by atomic mass is 16.6. The molecule has 2 aromatic carbocycles. The molecule has 3 aromatic rings. The van der Waals surface area contributed by atoms with Crippen molar-refractivity contribution < 1.29 is 38.4 Å². The van der Waals surface area contributed by atoms with E-state index in [-0.39, 0.29) is 17.9 Å². The Balaban J connectivity index is 1.70. The molecular formula is C28H26N2O8. The Labute approximate surface area is 219 Å². The van der Waals surface area contributed by atoms with Crippen molar-refractivity contribution >= 4 is 17.4 Å². The molecule has 0 saturated carbocycles. The van der Waals surface area contributed by atoms with Crippen LogP contribution in [0.5, 0.6) is 28.7 Å². The molecule has 1 amide bonds. The van der Waals surface area contributed by atoms with Gasteiger partial charge in [0.05, 0.1) is 32.9 Å². The summed E-state index contributed by atoms with van der Waals surface area (Å²) in [5.41, 5.74) is 1.49. The number of amides is 1.